The number of hydrogen-bond donors (Lipinski definition) is 4. The van der Waals surface area contributed by atoms with Crippen LogP contribution in [0, 0.1) is 6.92 Å². The first kappa shape index (κ1) is 12.4. The van der Waals surface area contributed by atoms with Crippen LogP contribution in [0.5, 0.6) is 0 Å². The number of aliphatic carboxylic acids is 1. The number of hydrogen-bond acceptors (Lipinski definition) is 3. The minimum absolute atomic E-state index is 0.0333. The number of para-hydroxylation sites is 1. The third-order valence-corrected chi connectivity index (χ3v) is 2.87. The molecule has 2 aromatic rings. The maximum absolute atomic E-state index is 10.5. The molecule has 2 rings (SSSR count). The molecule has 0 saturated heterocycles. The number of carboxylic acids is 1. The fourth-order valence-corrected chi connectivity index (χ4v) is 2.03. The van der Waals surface area contributed by atoms with Crippen LogP contribution in [0.3, 0.4) is 0 Å². The number of aromatic nitrogens is 1. The van der Waals surface area contributed by atoms with Crippen molar-refractivity contribution >= 4 is 22.6 Å². The summed E-state index contributed by atoms with van der Waals surface area (Å²) in [6.45, 7) is 2.42. The van der Waals surface area contributed by atoms with E-state index in [1.54, 1.807) is 0 Å². The van der Waals surface area contributed by atoms with E-state index >= 15 is 0 Å². The number of anilines is 1. The summed E-state index contributed by atoms with van der Waals surface area (Å²) in [7, 11) is 0. The number of rotatable bonds is 5. The fraction of sp³-hybridized carbons (Fsp3) is 0.308. The maximum atomic E-state index is 10.5. The van der Waals surface area contributed by atoms with E-state index in [0.29, 0.717) is 6.54 Å². The predicted molar refractivity (Wildman–Crippen MR) is 71.8 cm³/mol. The van der Waals surface area contributed by atoms with Crippen LogP contribution in [0.25, 0.3) is 10.9 Å². The Morgan fingerprint density at radius 1 is 1.50 bits per heavy atom. The van der Waals surface area contributed by atoms with Gasteiger partial charge < -0.3 is 21.1 Å². The van der Waals surface area contributed by atoms with E-state index in [1.165, 1.54) is 0 Å². The van der Waals surface area contributed by atoms with Crippen LogP contribution >= 0.6 is 0 Å². The van der Waals surface area contributed by atoms with E-state index in [1.807, 2.05) is 31.2 Å². The predicted octanol–water partition coefficient (Wildman–Crippen LogP) is 1.69. The average Bonchev–Trinajstić information content (AvgIpc) is 2.61. The van der Waals surface area contributed by atoms with E-state index in [-0.39, 0.29) is 6.42 Å². The Hall–Kier alpha value is -2.01. The normalized spacial score (nSPS) is 12.6. The van der Waals surface area contributed by atoms with Crippen LogP contribution in [0.15, 0.2) is 24.3 Å². The van der Waals surface area contributed by atoms with Gasteiger partial charge in [-0.15, -0.1) is 0 Å². The highest BCUT2D eigenvalue weighted by molar-refractivity contribution is 5.94. The summed E-state index contributed by atoms with van der Waals surface area (Å²) in [6, 6.07) is 7.57. The fourth-order valence-electron chi connectivity index (χ4n) is 2.03. The van der Waals surface area contributed by atoms with Gasteiger partial charge in [0.25, 0.3) is 0 Å². The van der Waals surface area contributed by atoms with Gasteiger partial charge in [-0.2, -0.15) is 0 Å². The van der Waals surface area contributed by atoms with Gasteiger partial charge in [0.2, 0.25) is 0 Å². The molecule has 96 valence electrons. The van der Waals surface area contributed by atoms with Crippen molar-refractivity contribution in [2.75, 3.05) is 11.9 Å². The summed E-state index contributed by atoms with van der Waals surface area (Å²) in [5.74, 6) is -0.875. The number of H-pyrrole nitrogens is 1. The topological polar surface area (TPSA) is 91.1 Å². The second kappa shape index (κ2) is 5.10. The Morgan fingerprint density at radius 3 is 2.94 bits per heavy atom. The van der Waals surface area contributed by atoms with E-state index in [9.17, 15) is 4.79 Å². The Morgan fingerprint density at radius 2 is 2.22 bits per heavy atom. The summed E-state index contributed by atoms with van der Waals surface area (Å²) in [5.41, 5.74) is 8.81. The summed E-state index contributed by atoms with van der Waals surface area (Å²) >= 11 is 0. The molecule has 5 nitrogen and oxygen atoms in total. The molecule has 0 bridgehead atoms. The van der Waals surface area contributed by atoms with Gasteiger partial charge in [-0.3, -0.25) is 4.79 Å². The Bertz CT molecular complexity index is 562. The van der Waals surface area contributed by atoms with Gasteiger partial charge in [0.15, 0.2) is 0 Å². The monoisotopic (exact) mass is 247 g/mol. The lowest BCUT2D eigenvalue weighted by Gasteiger charge is -2.11. The lowest BCUT2D eigenvalue weighted by molar-refractivity contribution is -0.137. The first-order chi connectivity index (χ1) is 8.58. The molecule has 0 saturated carbocycles. The van der Waals surface area contributed by atoms with Crippen molar-refractivity contribution in [2.24, 2.45) is 5.73 Å². The number of benzene rings is 1. The summed E-state index contributed by atoms with van der Waals surface area (Å²) in [5, 5.41) is 13.0. The number of aromatic amines is 1. The van der Waals surface area contributed by atoms with Crippen LogP contribution in [-0.4, -0.2) is 28.6 Å². The van der Waals surface area contributed by atoms with Crippen molar-refractivity contribution in [2.45, 2.75) is 19.4 Å². The highest BCUT2D eigenvalue weighted by Gasteiger charge is 2.11. The molecule has 0 amide bonds. The van der Waals surface area contributed by atoms with Gasteiger partial charge in [0.05, 0.1) is 12.1 Å². The molecule has 18 heavy (non-hydrogen) atoms. The summed E-state index contributed by atoms with van der Waals surface area (Å²) in [6.07, 6.45) is -0.0333. The van der Waals surface area contributed by atoms with Crippen LogP contribution in [0.1, 0.15) is 12.1 Å². The SMILES string of the molecule is Cc1[nH]c2ccccc2c1NCC(N)CC(=O)O. The second-order valence-electron chi connectivity index (χ2n) is 4.41. The maximum Gasteiger partial charge on any atom is 0.304 e. The lowest BCUT2D eigenvalue weighted by Crippen LogP contribution is -2.31. The molecule has 0 spiro atoms. The van der Waals surface area contributed by atoms with Crippen LogP contribution in [-0.2, 0) is 4.79 Å². The molecule has 1 heterocycles. The quantitative estimate of drug-likeness (QED) is 0.647. The molecule has 1 aromatic heterocycles. The van der Waals surface area contributed by atoms with Crippen molar-refractivity contribution in [1.29, 1.82) is 0 Å². The number of aryl methyl sites for hydroxylation is 1. The number of nitrogens with two attached hydrogens (primary N) is 1. The minimum Gasteiger partial charge on any atom is -0.481 e. The average molecular weight is 247 g/mol. The molecule has 1 atom stereocenters. The minimum atomic E-state index is -0.875. The molecule has 5 N–H and O–H groups in total. The molecule has 0 aliphatic rings. The van der Waals surface area contributed by atoms with Gasteiger partial charge in [-0.25, -0.2) is 0 Å². The molecule has 5 heteroatoms. The molecule has 0 aliphatic carbocycles. The molecule has 1 unspecified atom stereocenters. The van der Waals surface area contributed by atoms with Gasteiger partial charge >= 0.3 is 5.97 Å². The molecule has 1 aromatic carbocycles. The Kier molecular flexibility index (Phi) is 3.53. The van der Waals surface area contributed by atoms with Crippen molar-refractivity contribution in [3.8, 4) is 0 Å². The third kappa shape index (κ3) is 2.62. The summed E-state index contributed by atoms with van der Waals surface area (Å²) in [4.78, 5) is 13.8. The van der Waals surface area contributed by atoms with E-state index < -0.39 is 12.0 Å². The van der Waals surface area contributed by atoms with E-state index in [2.05, 4.69) is 10.3 Å². The summed E-state index contributed by atoms with van der Waals surface area (Å²) < 4.78 is 0. The van der Waals surface area contributed by atoms with Gasteiger partial charge in [-0.05, 0) is 13.0 Å². The van der Waals surface area contributed by atoms with Crippen molar-refractivity contribution in [1.82, 2.24) is 4.98 Å². The van der Waals surface area contributed by atoms with Crippen LogP contribution in [0.4, 0.5) is 5.69 Å². The molecule has 0 aliphatic heterocycles. The number of fused-ring (bicyclic) bond motifs is 1. The molecular weight excluding hydrogens is 230 g/mol. The van der Waals surface area contributed by atoms with Crippen LogP contribution in [0.2, 0.25) is 0 Å². The number of nitrogens with one attached hydrogen (secondary N) is 2. The Labute approximate surface area is 105 Å². The zero-order valence-corrected chi connectivity index (χ0v) is 10.2. The largest absolute Gasteiger partial charge is 0.481 e. The highest BCUT2D eigenvalue weighted by Crippen LogP contribution is 2.26. The number of carbonyl (C=O) groups is 1. The third-order valence-electron chi connectivity index (χ3n) is 2.87. The molecule has 0 fully saturated rings. The first-order valence-corrected chi connectivity index (χ1v) is 5.86. The highest BCUT2D eigenvalue weighted by atomic mass is 16.4. The van der Waals surface area contributed by atoms with E-state index in [4.69, 9.17) is 10.8 Å². The molecule has 0 radical (unpaired) electrons. The van der Waals surface area contributed by atoms with E-state index in [0.717, 1.165) is 22.3 Å². The zero-order valence-electron chi connectivity index (χ0n) is 10.2. The zero-order chi connectivity index (χ0) is 13.1. The van der Waals surface area contributed by atoms with Gasteiger partial charge in [0.1, 0.15) is 0 Å². The van der Waals surface area contributed by atoms with Gasteiger partial charge in [-0.1, -0.05) is 18.2 Å². The standard InChI is InChI=1S/C13H17N3O2/c1-8-13(15-7-9(14)6-12(17)18)10-4-2-3-5-11(10)16-8/h2-5,9,15-16H,6-7,14H2,1H3,(H,17,18). The number of carboxylic acid groups (broad SMARTS) is 1. The van der Waals surface area contributed by atoms with Crippen molar-refractivity contribution < 1.29 is 9.90 Å². The van der Waals surface area contributed by atoms with Gasteiger partial charge in [0, 0.05) is 29.2 Å². The smallest absolute Gasteiger partial charge is 0.304 e. The van der Waals surface area contributed by atoms with Crippen molar-refractivity contribution in [3.63, 3.8) is 0 Å². The first-order valence-electron chi connectivity index (χ1n) is 5.86. The Balaban J connectivity index is 2.12. The lowest BCUT2D eigenvalue weighted by atomic mass is 10.2. The second-order valence-corrected chi connectivity index (χ2v) is 4.41. The van der Waals surface area contributed by atoms with Crippen LogP contribution < -0.4 is 11.1 Å². The van der Waals surface area contributed by atoms with Crippen molar-refractivity contribution in [3.05, 3.63) is 30.0 Å². The molecular formula is C13H17N3O2.